The summed E-state index contributed by atoms with van der Waals surface area (Å²) < 4.78 is 56.6. The first kappa shape index (κ1) is 24.2. The minimum Gasteiger partial charge on any atom is -0.318 e. The number of carbonyl (C=O) groups excluding carboxylic acids is 1. The predicted molar refractivity (Wildman–Crippen MR) is 127 cm³/mol. The summed E-state index contributed by atoms with van der Waals surface area (Å²) >= 11 is 13.5. The predicted octanol–water partition coefficient (Wildman–Crippen LogP) is 6.42. The van der Waals surface area contributed by atoms with Gasteiger partial charge in [-0.2, -0.15) is 23.4 Å². The zero-order valence-corrected chi connectivity index (χ0v) is 20.1. The van der Waals surface area contributed by atoms with Crippen LogP contribution in [0.5, 0.6) is 0 Å². The van der Waals surface area contributed by atoms with Crippen molar-refractivity contribution in [1.29, 1.82) is 0 Å². The maximum atomic E-state index is 13.8. The quantitative estimate of drug-likeness (QED) is 0.254. The fourth-order valence-electron chi connectivity index (χ4n) is 3.42. The Morgan fingerprint density at radius 3 is 2.67 bits per heavy atom. The minimum absolute atomic E-state index is 0.0549. The topological polar surface area (TPSA) is 77.1 Å². The molecule has 0 aliphatic carbocycles. The lowest BCUT2D eigenvalue weighted by Crippen LogP contribution is -2.15. The van der Waals surface area contributed by atoms with Crippen molar-refractivity contribution in [3.63, 3.8) is 0 Å². The van der Waals surface area contributed by atoms with Crippen LogP contribution in [0.4, 0.5) is 23.2 Å². The number of alkyl halides is 3. The molecule has 1 N–H and O–H groups in total. The van der Waals surface area contributed by atoms with Crippen LogP contribution in [0.15, 0.2) is 54.2 Å². The lowest BCUT2D eigenvalue weighted by Gasteiger charge is -2.10. The van der Waals surface area contributed by atoms with E-state index in [-0.39, 0.29) is 33.6 Å². The first-order chi connectivity index (χ1) is 17.1. The molecule has 1 amide bonds. The third kappa shape index (κ3) is 4.66. The van der Waals surface area contributed by atoms with Gasteiger partial charge in [0.25, 0.3) is 5.91 Å². The van der Waals surface area contributed by atoms with Crippen molar-refractivity contribution < 1.29 is 22.4 Å². The summed E-state index contributed by atoms with van der Waals surface area (Å²) in [6, 6.07) is 8.09. The van der Waals surface area contributed by atoms with E-state index in [0.717, 1.165) is 6.07 Å². The molecule has 0 aliphatic rings. The number of hydrogen-bond acceptors (Lipinski definition) is 5. The third-order valence-electron chi connectivity index (χ3n) is 5.05. The van der Waals surface area contributed by atoms with Gasteiger partial charge >= 0.3 is 6.18 Å². The fourth-order valence-corrected chi connectivity index (χ4v) is 4.58. The van der Waals surface area contributed by atoms with Crippen molar-refractivity contribution >= 4 is 51.8 Å². The largest absolute Gasteiger partial charge is 0.433 e. The summed E-state index contributed by atoms with van der Waals surface area (Å²) in [6.07, 6.45) is -1.98. The molecule has 0 saturated heterocycles. The smallest absolute Gasteiger partial charge is 0.318 e. The molecule has 0 saturated carbocycles. The number of carbonyl (C=O) groups is 1. The van der Waals surface area contributed by atoms with Gasteiger partial charge in [0, 0.05) is 11.2 Å². The van der Waals surface area contributed by atoms with Gasteiger partial charge in [-0.1, -0.05) is 35.3 Å². The van der Waals surface area contributed by atoms with Gasteiger partial charge in [0.2, 0.25) is 0 Å². The van der Waals surface area contributed by atoms with Crippen LogP contribution >= 0.6 is 34.5 Å². The molecule has 7 nitrogen and oxygen atoms in total. The molecular weight excluding hydrogens is 543 g/mol. The molecule has 184 valence electrons. The number of benzene rings is 1. The van der Waals surface area contributed by atoms with Crippen molar-refractivity contribution in [3.8, 4) is 10.6 Å². The first-order valence-corrected chi connectivity index (χ1v) is 11.7. The molecule has 5 aromatic rings. The Morgan fingerprint density at radius 2 is 1.97 bits per heavy atom. The molecule has 0 radical (unpaired) electrons. The zero-order chi connectivity index (χ0) is 25.6. The Labute approximate surface area is 213 Å². The number of aromatic nitrogens is 5. The van der Waals surface area contributed by atoms with Gasteiger partial charge in [-0.15, -0.1) is 11.3 Å². The number of nitrogens with zero attached hydrogens (tertiary/aromatic N) is 5. The van der Waals surface area contributed by atoms with E-state index in [0.29, 0.717) is 15.0 Å². The van der Waals surface area contributed by atoms with Gasteiger partial charge in [-0.3, -0.25) is 9.48 Å². The highest BCUT2D eigenvalue weighted by Crippen LogP contribution is 2.35. The van der Waals surface area contributed by atoms with Gasteiger partial charge in [0.05, 0.1) is 29.0 Å². The number of hydrogen-bond donors (Lipinski definition) is 1. The van der Waals surface area contributed by atoms with E-state index in [2.05, 4.69) is 20.5 Å². The number of rotatable bonds is 5. The SMILES string of the molecule is O=C(Nc1cnn(Cc2ccc(F)cc2Cl)c1)c1nn2c(C(F)(F)F)cc(-c3cccs3)nc2c1Cl. The molecule has 0 spiro atoms. The van der Waals surface area contributed by atoms with Crippen molar-refractivity contribution in [2.24, 2.45) is 0 Å². The lowest BCUT2D eigenvalue weighted by molar-refractivity contribution is -0.142. The van der Waals surface area contributed by atoms with Crippen LogP contribution in [0.1, 0.15) is 21.7 Å². The third-order valence-corrected chi connectivity index (χ3v) is 6.64. The maximum Gasteiger partial charge on any atom is 0.433 e. The van der Waals surface area contributed by atoms with Crippen molar-refractivity contribution in [1.82, 2.24) is 24.4 Å². The van der Waals surface area contributed by atoms with E-state index in [1.54, 1.807) is 17.5 Å². The number of fused-ring (bicyclic) bond motifs is 1. The zero-order valence-electron chi connectivity index (χ0n) is 17.7. The minimum atomic E-state index is -4.78. The van der Waals surface area contributed by atoms with Crippen LogP contribution in [0.2, 0.25) is 10.0 Å². The molecule has 36 heavy (non-hydrogen) atoms. The Morgan fingerprint density at radius 1 is 1.17 bits per heavy atom. The van der Waals surface area contributed by atoms with E-state index in [4.69, 9.17) is 23.2 Å². The Hall–Kier alpha value is -3.48. The average molecular weight is 555 g/mol. The van der Waals surface area contributed by atoms with E-state index >= 15 is 0 Å². The van der Waals surface area contributed by atoms with Gasteiger partial charge in [0.1, 0.15) is 10.8 Å². The van der Waals surface area contributed by atoms with Gasteiger partial charge < -0.3 is 5.32 Å². The van der Waals surface area contributed by atoms with Gasteiger partial charge in [-0.05, 0) is 35.2 Å². The highest BCUT2D eigenvalue weighted by molar-refractivity contribution is 7.13. The van der Waals surface area contributed by atoms with Crippen molar-refractivity contribution in [3.05, 3.63) is 87.0 Å². The van der Waals surface area contributed by atoms with Crippen LogP contribution in [0, 0.1) is 5.82 Å². The van der Waals surface area contributed by atoms with Gasteiger partial charge in [-0.25, -0.2) is 13.9 Å². The summed E-state index contributed by atoms with van der Waals surface area (Å²) in [4.78, 5) is 17.6. The molecule has 0 atom stereocenters. The maximum absolute atomic E-state index is 13.8. The van der Waals surface area contributed by atoms with E-state index in [9.17, 15) is 22.4 Å². The van der Waals surface area contributed by atoms with Crippen LogP contribution in [-0.4, -0.2) is 30.3 Å². The molecular formula is C22H12Cl2F4N6OS. The number of nitrogens with one attached hydrogen (secondary N) is 1. The normalized spacial score (nSPS) is 11.8. The summed E-state index contributed by atoms with van der Waals surface area (Å²) in [6.45, 7) is 0.189. The van der Waals surface area contributed by atoms with Gasteiger partial charge in [0.15, 0.2) is 17.0 Å². The van der Waals surface area contributed by atoms with E-state index in [1.165, 1.54) is 46.6 Å². The van der Waals surface area contributed by atoms with Crippen molar-refractivity contribution in [2.75, 3.05) is 5.32 Å². The summed E-state index contributed by atoms with van der Waals surface area (Å²) in [7, 11) is 0. The standard InChI is InChI=1S/C22H12Cl2F4N6OS/c23-14-6-12(25)4-3-11(14)9-33-10-13(8-29-33)30-21(35)19-18(24)20-31-15(16-2-1-5-36-16)7-17(22(26,27)28)34(20)32-19/h1-8,10H,9H2,(H,30,35). The summed E-state index contributed by atoms with van der Waals surface area (Å²) in [5, 5.41) is 12.0. The Balaban J connectivity index is 1.45. The van der Waals surface area contributed by atoms with E-state index in [1.807, 2.05) is 0 Å². The van der Waals surface area contributed by atoms with Crippen LogP contribution in [0.3, 0.4) is 0 Å². The summed E-state index contributed by atoms with van der Waals surface area (Å²) in [5.41, 5.74) is -0.987. The number of anilines is 1. The highest BCUT2D eigenvalue weighted by Gasteiger charge is 2.37. The molecule has 0 bridgehead atoms. The number of thiophene rings is 1. The van der Waals surface area contributed by atoms with Crippen LogP contribution in [0.25, 0.3) is 16.2 Å². The molecule has 4 heterocycles. The second-order valence-corrected chi connectivity index (χ2v) is 9.25. The second kappa shape index (κ2) is 9.19. The molecule has 14 heteroatoms. The average Bonchev–Trinajstić information content (AvgIpc) is 3.56. The molecule has 4 aromatic heterocycles. The monoisotopic (exact) mass is 554 g/mol. The lowest BCUT2D eigenvalue weighted by atomic mass is 10.2. The first-order valence-electron chi connectivity index (χ1n) is 10.1. The molecule has 5 rings (SSSR count). The summed E-state index contributed by atoms with van der Waals surface area (Å²) in [5.74, 6) is -1.33. The Kier molecular flexibility index (Phi) is 6.18. The fraction of sp³-hybridized carbons (Fsp3) is 0.0909. The molecule has 0 unspecified atom stereocenters. The van der Waals surface area contributed by atoms with Crippen molar-refractivity contribution in [2.45, 2.75) is 12.7 Å². The number of halogens is 6. The van der Waals surface area contributed by atoms with Crippen LogP contribution < -0.4 is 5.32 Å². The molecule has 0 aliphatic heterocycles. The number of amides is 1. The van der Waals surface area contributed by atoms with E-state index < -0.39 is 29.3 Å². The molecule has 1 aromatic carbocycles. The highest BCUT2D eigenvalue weighted by atomic mass is 35.5. The second-order valence-electron chi connectivity index (χ2n) is 7.52. The Bertz CT molecular complexity index is 1600. The molecule has 0 fully saturated rings. The van der Waals surface area contributed by atoms with Crippen LogP contribution in [-0.2, 0) is 12.7 Å².